The smallest absolute Gasteiger partial charge is 0.225 e. The zero-order valence-electron chi connectivity index (χ0n) is 9.72. The van der Waals surface area contributed by atoms with Gasteiger partial charge in [0.15, 0.2) is 0 Å². The quantitative estimate of drug-likeness (QED) is 0.886. The standard InChI is InChI=1S/C12H15N3OS/c1-7-5-8-11(14-6-15-12(8)17-7)16-10-4-2-3-9(10)13/h5-6,9-10H,2-4,13H2,1H3. The fraction of sp³-hybridized carbons (Fsp3) is 0.500. The van der Waals surface area contributed by atoms with Gasteiger partial charge >= 0.3 is 0 Å². The summed E-state index contributed by atoms with van der Waals surface area (Å²) in [7, 11) is 0. The maximum Gasteiger partial charge on any atom is 0.225 e. The summed E-state index contributed by atoms with van der Waals surface area (Å²) in [6.07, 6.45) is 4.88. The number of fused-ring (bicyclic) bond motifs is 1. The Morgan fingerprint density at radius 3 is 3.06 bits per heavy atom. The minimum Gasteiger partial charge on any atom is -0.472 e. The van der Waals surface area contributed by atoms with Crippen LogP contribution in [-0.2, 0) is 0 Å². The van der Waals surface area contributed by atoms with Crippen molar-refractivity contribution in [2.45, 2.75) is 38.3 Å². The molecule has 4 nitrogen and oxygen atoms in total. The van der Waals surface area contributed by atoms with Crippen molar-refractivity contribution in [2.75, 3.05) is 0 Å². The molecule has 3 rings (SSSR count). The Labute approximate surface area is 104 Å². The molecule has 0 bridgehead atoms. The molecule has 2 aromatic rings. The van der Waals surface area contributed by atoms with Crippen LogP contribution < -0.4 is 10.5 Å². The largest absolute Gasteiger partial charge is 0.472 e. The zero-order chi connectivity index (χ0) is 11.8. The lowest BCUT2D eigenvalue weighted by molar-refractivity contribution is 0.186. The van der Waals surface area contributed by atoms with Crippen LogP contribution in [0.3, 0.4) is 0 Å². The molecular weight excluding hydrogens is 234 g/mol. The maximum atomic E-state index is 6.01. The van der Waals surface area contributed by atoms with Gasteiger partial charge in [-0.3, -0.25) is 0 Å². The van der Waals surface area contributed by atoms with E-state index in [0.717, 1.165) is 29.5 Å². The van der Waals surface area contributed by atoms with E-state index in [9.17, 15) is 0 Å². The molecule has 0 radical (unpaired) electrons. The molecule has 0 aromatic carbocycles. The number of ether oxygens (including phenoxy) is 1. The van der Waals surface area contributed by atoms with Crippen LogP contribution in [0.15, 0.2) is 12.4 Å². The molecule has 2 N–H and O–H groups in total. The molecule has 1 aliphatic rings. The van der Waals surface area contributed by atoms with E-state index in [4.69, 9.17) is 10.5 Å². The third-order valence-corrected chi connectivity index (χ3v) is 4.14. The van der Waals surface area contributed by atoms with E-state index in [1.54, 1.807) is 17.7 Å². The average molecular weight is 249 g/mol. The molecule has 1 fully saturated rings. The van der Waals surface area contributed by atoms with Crippen LogP contribution in [0, 0.1) is 6.92 Å². The molecule has 2 atom stereocenters. The Bertz CT molecular complexity index is 540. The second-order valence-corrected chi connectivity index (χ2v) is 5.74. The van der Waals surface area contributed by atoms with E-state index < -0.39 is 0 Å². The van der Waals surface area contributed by atoms with Crippen LogP contribution in [0.5, 0.6) is 5.88 Å². The van der Waals surface area contributed by atoms with Crippen LogP contribution in [0.4, 0.5) is 0 Å². The molecule has 90 valence electrons. The molecule has 0 amide bonds. The molecular formula is C12H15N3OS. The monoisotopic (exact) mass is 249 g/mol. The first-order valence-electron chi connectivity index (χ1n) is 5.87. The SMILES string of the molecule is Cc1cc2c(OC3CCCC3N)ncnc2s1. The molecule has 5 heteroatoms. The highest BCUT2D eigenvalue weighted by atomic mass is 32.1. The summed E-state index contributed by atoms with van der Waals surface area (Å²) < 4.78 is 5.94. The van der Waals surface area contributed by atoms with Gasteiger partial charge in [0.25, 0.3) is 0 Å². The summed E-state index contributed by atoms with van der Waals surface area (Å²) in [6, 6.07) is 2.22. The van der Waals surface area contributed by atoms with E-state index >= 15 is 0 Å². The summed E-state index contributed by atoms with van der Waals surface area (Å²) in [5.41, 5.74) is 6.01. The minimum atomic E-state index is 0.105. The van der Waals surface area contributed by atoms with Crippen molar-refractivity contribution in [1.29, 1.82) is 0 Å². The lowest BCUT2D eigenvalue weighted by Crippen LogP contribution is -2.33. The van der Waals surface area contributed by atoms with Crippen molar-refractivity contribution in [2.24, 2.45) is 5.73 Å². The van der Waals surface area contributed by atoms with E-state index in [1.165, 1.54) is 4.88 Å². The van der Waals surface area contributed by atoms with Gasteiger partial charge in [-0.1, -0.05) is 0 Å². The molecule has 1 aliphatic carbocycles. The minimum absolute atomic E-state index is 0.105. The fourth-order valence-corrected chi connectivity index (χ4v) is 3.13. The average Bonchev–Trinajstić information content (AvgIpc) is 2.85. The van der Waals surface area contributed by atoms with Gasteiger partial charge in [0.2, 0.25) is 5.88 Å². The van der Waals surface area contributed by atoms with E-state index in [-0.39, 0.29) is 12.1 Å². The lowest BCUT2D eigenvalue weighted by Gasteiger charge is -2.17. The second kappa shape index (κ2) is 4.23. The lowest BCUT2D eigenvalue weighted by atomic mass is 10.2. The number of aromatic nitrogens is 2. The van der Waals surface area contributed by atoms with Gasteiger partial charge in [0.05, 0.1) is 5.39 Å². The van der Waals surface area contributed by atoms with Gasteiger partial charge in [0, 0.05) is 10.9 Å². The molecule has 0 aliphatic heterocycles. The third-order valence-electron chi connectivity index (χ3n) is 3.18. The summed E-state index contributed by atoms with van der Waals surface area (Å²) in [5, 5.41) is 1.01. The number of aryl methyl sites for hydroxylation is 1. The molecule has 2 unspecified atom stereocenters. The van der Waals surface area contributed by atoms with Crippen LogP contribution in [0.2, 0.25) is 0 Å². The third kappa shape index (κ3) is 2.00. The Kier molecular flexibility index (Phi) is 2.72. The predicted molar refractivity (Wildman–Crippen MR) is 68.4 cm³/mol. The maximum absolute atomic E-state index is 6.01. The second-order valence-electron chi connectivity index (χ2n) is 4.51. The number of rotatable bonds is 2. The number of thiophene rings is 1. The molecule has 0 spiro atoms. The van der Waals surface area contributed by atoms with Gasteiger partial charge in [0.1, 0.15) is 17.3 Å². The Balaban J connectivity index is 1.94. The van der Waals surface area contributed by atoms with E-state index in [2.05, 4.69) is 23.0 Å². The van der Waals surface area contributed by atoms with Gasteiger partial charge in [-0.05, 0) is 32.3 Å². The van der Waals surface area contributed by atoms with Crippen molar-refractivity contribution in [1.82, 2.24) is 9.97 Å². The van der Waals surface area contributed by atoms with Crippen molar-refractivity contribution >= 4 is 21.6 Å². The number of hydrogen-bond donors (Lipinski definition) is 1. The van der Waals surface area contributed by atoms with Gasteiger partial charge < -0.3 is 10.5 Å². The first kappa shape index (κ1) is 10.9. The van der Waals surface area contributed by atoms with Crippen LogP contribution >= 0.6 is 11.3 Å². The summed E-state index contributed by atoms with van der Waals surface area (Å²) >= 11 is 1.66. The summed E-state index contributed by atoms with van der Waals surface area (Å²) in [6.45, 7) is 2.07. The van der Waals surface area contributed by atoms with E-state index in [0.29, 0.717) is 5.88 Å². The fourth-order valence-electron chi connectivity index (χ4n) is 2.29. The topological polar surface area (TPSA) is 61.0 Å². The first-order valence-corrected chi connectivity index (χ1v) is 6.69. The highest BCUT2D eigenvalue weighted by Gasteiger charge is 2.26. The van der Waals surface area contributed by atoms with Gasteiger partial charge in [-0.2, -0.15) is 0 Å². The highest BCUT2D eigenvalue weighted by Crippen LogP contribution is 2.31. The first-order chi connectivity index (χ1) is 8.24. The number of nitrogens with two attached hydrogens (primary N) is 1. The van der Waals surface area contributed by atoms with Gasteiger partial charge in [-0.25, -0.2) is 9.97 Å². The molecule has 0 saturated heterocycles. The number of hydrogen-bond acceptors (Lipinski definition) is 5. The summed E-state index contributed by atoms with van der Waals surface area (Å²) in [4.78, 5) is 10.7. The van der Waals surface area contributed by atoms with E-state index in [1.807, 2.05) is 0 Å². The molecule has 17 heavy (non-hydrogen) atoms. The highest BCUT2D eigenvalue weighted by molar-refractivity contribution is 7.18. The Hall–Kier alpha value is -1.20. The van der Waals surface area contributed by atoms with Crippen LogP contribution in [-0.4, -0.2) is 22.1 Å². The number of nitrogens with zero attached hydrogens (tertiary/aromatic N) is 2. The Morgan fingerprint density at radius 2 is 2.29 bits per heavy atom. The normalized spacial score (nSPS) is 24.4. The van der Waals surface area contributed by atoms with Crippen LogP contribution in [0.25, 0.3) is 10.2 Å². The molecule has 2 aromatic heterocycles. The van der Waals surface area contributed by atoms with Crippen molar-refractivity contribution < 1.29 is 4.74 Å². The molecule has 1 saturated carbocycles. The Morgan fingerprint density at radius 1 is 1.41 bits per heavy atom. The predicted octanol–water partition coefficient (Wildman–Crippen LogP) is 2.26. The van der Waals surface area contributed by atoms with Crippen molar-refractivity contribution in [3.8, 4) is 5.88 Å². The van der Waals surface area contributed by atoms with Crippen LogP contribution in [0.1, 0.15) is 24.1 Å². The summed E-state index contributed by atoms with van der Waals surface area (Å²) in [5.74, 6) is 0.682. The molecule has 2 heterocycles. The van der Waals surface area contributed by atoms with Crippen molar-refractivity contribution in [3.05, 3.63) is 17.3 Å². The zero-order valence-corrected chi connectivity index (χ0v) is 10.5. The van der Waals surface area contributed by atoms with Crippen molar-refractivity contribution in [3.63, 3.8) is 0 Å². The van der Waals surface area contributed by atoms with Gasteiger partial charge in [-0.15, -0.1) is 11.3 Å².